The molecule has 0 saturated heterocycles. The molecule has 0 heterocycles. The first-order valence-electron chi connectivity index (χ1n) is 8.08. The molecule has 0 aromatic heterocycles. The molecule has 3 atom stereocenters. The minimum atomic E-state index is 0.757. The van der Waals surface area contributed by atoms with Crippen LogP contribution in [-0.2, 0) is 0 Å². The highest BCUT2D eigenvalue weighted by molar-refractivity contribution is 4.86. The van der Waals surface area contributed by atoms with Crippen molar-refractivity contribution in [1.29, 1.82) is 0 Å². The van der Waals surface area contributed by atoms with Crippen LogP contribution in [0.3, 0.4) is 0 Å². The van der Waals surface area contributed by atoms with Gasteiger partial charge in [-0.15, -0.1) is 0 Å². The minimum absolute atomic E-state index is 0.757. The Labute approximate surface area is 114 Å². The van der Waals surface area contributed by atoms with Gasteiger partial charge in [0.1, 0.15) is 0 Å². The summed E-state index contributed by atoms with van der Waals surface area (Å²) in [6.45, 7) is 3.74. The van der Waals surface area contributed by atoms with Gasteiger partial charge in [-0.2, -0.15) is 0 Å². The van der Waals surface area contributed by atoms with Crippen molar-refractivity contribution in [3.05, 3.63) is 0 Å². The third-order valence-electron chi connectivity index (χ3n) is 5.34. The lowest BCUT2D eigenvalue weighted by atomic mass is 9.78. The molecule has 2 fully saturated rings. The van der Waals surface area contributed by atoms with Crippen molar-refractivity contribution in [3.8, 4) is 0 Å². The molecular formula is C16H32N2. The Balaban J connectivity index is 1.85. The quantitative estimate of drug-likeness (QED) is 0.826. The second-order valence-corrected chi connectivity index (χ2v) is 6.80. The molecular weight excluding hydrogens is 220 g/mol. The maximum Gasteiger partial charge on any atom is 0.0105 e. The zero-order chi connectivity index (χ0) is 13.0. The highest BCUT2D eigenvalue weighted by atomic mass is 15.1. The molecule has 0 bridgehead atoms. The average Bonchev–Trinajstić information content (AvgIpc) is 2.40. The summed E-state index contributed by atoms with van der Waals surface area (Å²) in [4.78, 5) is 2.67. The van der Waals surface area contributed by atoms with Crippen LogP contribution in [-0.4, -0.2) is 37.6 Å². The molecule has 2 aliphatic carbocycles. The van der Waals surface area contributed by atoms with Crippen LogP contribution in [0.1, 0.15) is 58.3 Å². The van der Waals surface area contributed by atoms with Gasteiger partial charge in [-0.1, -0.05) is 26.2 Å². The molecule has 1 N–H and O–H groups in total. The molecule has 0 radical (unpaired) electrons. The van der Waals surface area contributed by atoms with E-state index in [1.807, 2.05) is 0 Å². The van der Waals surface area contributed by atoms with E-state index in [-0.39, 0.29) is 0 Å². The van der Waals surface area contributed by atoms with Gasteiger partial charge in [0.15, 0.2) is 0 Å². The van der Waals surface area contributed by atoms with Gasteiger partial charge in [0.25, 0.3) is 0 Å². The number of nitrogens with zero attached hydrogens (tertiary/aromatic N) is 1. The first-order chi connectivity index (χ1) is 8.70. The Morgan fingerprint density at radius 2 is 1.78 bits per heavy atom. The third kappa shape index (κ3) is 3.71. The summed E-state index contributed by atoms with van der Waals surface area (Å²) < 4.78 is 0. The highest BCUT2D eigenvalue weighted by Gasteiger charge is 2.30. The summed E-state index contributed by atoms with van der Waals surface area (Å²) in [7, 11) is 4.51. The number of rotatable bonds is 4. The van der Waals surface area contributed by atoms with E-state index >= 15 is 0 Å². The van der Waals surface area contributed by atoms with Crippen molar-refractivity contribution >= 4 is 0 Å². The lowest BCUT2D eigenvalue weighted by Crippen LogP contribution is -2.46. The number of nitrogens with one attached hydrogen (secondary N) is 1. The van der Waals surface area contributed by atoms with Crippen LogP contribution >= 0.6 is 0 Å². The Morgan fingerprint density at radius 1 is 1.06 bits per heavy atom. The zero-order valence-corrected chi connectivity index (χ0v) is 12.6. The smallest absolute Gasteiger partial charge is 0.0105 e. The summed E-state index contributed by atoms with van der Waals surface area (Å²) in [5, 5.41) is 3.56. The molecule has 0 aromatic carbocycles. The molecule has 0 spiro atoms. The van der Waals surface area contributed by atoms with Crippen molar-refractivity contribution in [2.24, 2.45) is 11.8 Å². The summed E-state index contributed by atoms with van der Waals surface area (Å²) in [6.07, 6.45) is 11.4. The number of hydrogen-bond acceptors (Lipinski definition) is 2. The van der Waals surface area contributed by atoms with Crippen LogP contribution in [0, 0.1) is 11.8 Å². The molecule has 18 heavy (non-hydrogen) atoms. The Hall–Kier alpha value is -0.0800. The highest BCUT2D eigenvalue weighted by Crippen LogP contribution is 2.31. The van der Waals surface area contributed by atoms with Crippen LogP contribution in [0.2, 0.25) is 0 Å². The average molecular weight is 252 g/mol. The van der Waals surface area contributed by atoms with Gasteiger partial charge in [0, 0.05) is 18.6 Å². The fraction of sp³-hybridized carbons (Fsp3) is 1.00. The van der Waals surface area contributed by atoms with E-state index in [1.54, 1.807) is 0 Å². The van der Waals surface area contributed by atoms with Crippen molar-refractivity contribution in [2.75, 3.05) is 20.6 Å². The van der Waals surface area contributed by atoms with Gasteiger partial charge in [0.2, 0.25) is 0 Å². The monoisotopic (exact) mass is 252 g/mol. The first-order valence-corrected chi connectivity index (χ1v) is 8.08. The van der Waals surface area contributed by atoms with Gasteiger partial charge in [-0.25, -0.2) is 0 Å². The third-order valence-corrected chi connectivity index (χ3v) is 5.34. The topological polar surface area (TPSA) is 15.3 Å². The SMILES string of the molecule is CNC1CCC(C)CC1CN(C)C1CCCCC1. The zero-order valence-electron chi connectivity index (χ0n) is 12.6. The van der Waals surface area contributed by atoms with E-state index in [9.17, 15) is 0 Å². The lowest BCUT2D eigenvalue weighted by molar-refractivity contribution is 0.119. The summed E-state index contributed by atoms with van der Waals surface area (Å²) >= 11 is 0. The fourth-order valence-electron chi connectivity index (χ4n) is 4.12. The van der Waals surface area contributed by atoms with Crippen molar-refractivity contribution < 1.29 is 0 Å². The molecule has 2 rings (SSSR count). The number of hydrogen-bond donors (Lipinski definition) is 1. The predicted octanol–water partition coefficient (Wildman–Crippen LogP) is 3.28. The Bertz CT molecular complexity index is 235. The molecule has 106 valence electrons. The Morgan fingerprint density at radius 3 is 2.44 bits per heavy atom. The van der Waals surface area contributed by atoms with Crippen molar-refractivity contribution in [1.82, 2.24) is 10.2 Å². The second-order valence-electron chi connectivity index (χ2n) is 6.80. The Kier molecular flexibility index (Phi) is 5.50. The van der Waals surface area contributed by atoms with E-state index in [1.165, 1.54) is 57.9 Å². The van der Waals surface area contributed by atoms with Crippen LogP contribution < -0.4 is 5.32 Å². The maximum absolute atomic E-state index is 3.56. The van der Waals surface area contributed by atoms with Crippen LogP contribution in [0.25, 0.3) is 0 Å². The second kappa shape index (κ2) is 6.91. The van der Waals surface area contributed by atoms with E-state index in [0.29, 0.717) is 0 Å². The first kappa shape index (κ1) is 14.3. The lowest BCUT2D eigenvalue weighted by Gasteiger charge is -2.40. The van der Waals surface area contributed by atoms with Crippen LogP contribution in [0.4, 0.5) is 0 Å². The summed E-state index contributed by atoms with van der Waals surface area (Å²) in [5.41, 5.74) is 0. The minimum Gasteiger partial charge on any atom is -0.317 e. The van der Waals surface area contributed by atoms with E-state index < -0.39 is 0 Å². The van der Waals surface area contributed by atoms with Gasteiger partial charge >= 0.3 is 0 Å². The molecule has 0 amide bonds. The van der Waals surface area contributed by atoms with Gasteiger partial charge in [0.05, 0.1) is 0 Å². The molecule has 3 unspecified atom stereocenters. The van der Waals surface area contributed by atoms with Gasteiger partial charge < -0.3 is 10.2 Å². The summed E-state index contributed by atoms with van der Waals surface area (Å²) in [6, 6.07) is 1.63. The molecule has 2 heteroatoms. The van der Waals surface area contributed by atoms with Gasteiger partial charge in [-0.3, -0.25) is 0 Å². The fourth-order valence-corrected chi connectivity index (χ4v) is 4.12. The van der Waals surface area contributed by atoms with Crippen LogP contribution in [0.15, 0.2) is 0 Å². The van der Waals surface area contributed by atoms with Gasteiger partial charge in [-0.05, 0) is 58.0 Å². The summed E-state index contributed by atoms with van der Waals surface area (Å²) in [5.74, 6) is 1.80. The van der Waals surface area contributed by atoms with Crippen molar-refractivity contribution in [3.63, 3.8) is 0 Å². The normalized spacial score (nSPS) is 35.0. The van der Waals surface area contributed by atoms with Crippen molar-refractivity contribution in [2.45, 2.75) is 70.4 Å². The largest absolute Gasteiger partial charge is 0.317 e. The predicted molar refractivity (Wildman–Crippen MR) is 78.9 cm³/mol. The molecule has 0 aliphatic heterocycles. The van der Waals surface area contributed by atoms with E-state index in [2.05, 4.69) is 31.2 Å². The van der Waals surface area contributed by atoms with E-state index in [0.717, 1.165) is 23.9 Å². The standard InChI is InChI=1S/C16H32N2/c1-13-9-10-16(17-2)14(11-13)12-18(3)15-7-5-4-6-8-15/h13-17H,4-12H2,1-3H3. The molecule has 2 aliphatic rings. The van der Waals surface area contributed by atoms with Crippen LogP contribution in [0.5, 0.6) is 0 Å². The molecule has 0 aromatic rings. The van der Waals surface area contributed by atoms with E-state index in [4.69, 9.17) is 0 Å². The maximum atomic E-state index is 3.56. The molecule has 2 nitrogen and oxygen atoms in total. The molecule has 2 saturated carbocycles.